The zero-order valence-corrected chi connectivity index (χ0v) is 12.4. The molecule has 1 rings (SSSR count). The minimum Gasteiger partial charge on any atom is -0.335 e. The van der Waals surface area contributed by atoms with Crippen LogP contribution in [0, 0.1) is 11.3 Å². The van der Waals surface area contributed by atoms with E-state index in [-0.39, 0.29) is 0 Å². The highest BCUT2D eigenvalue weighted by molar-refractivity contribution is 9.09. The van der Waals surface area contributed by atoms with Crippen molar-refractivity contribution in [3.63, 3.8) is 0 Å². The Morgan fingerprint density at radius 1 is 1.44 bits per heavy atom. The van der Waals surface area contributed by atoms with Crippen LogP contribution in [0.2, 0.25) is 0 Å². The van der Waals surface area contributed by atoms with Gasteiger partial charge in [-0.15, -0.1) is 0 Å². The summed E-state index contributed by atoms with van der Waals surface area (Å²) in [6.45, 7) is 10.2. The summed E-state index contributed by atoms with van der Waals surface area (Å²) < 4.78 is 2.31. The third-order valence-electron chi connectivity index (χ3n) is 3.10. The van der Waals surface area contributed by atoms with E-state index < -0.39 is 0 Å². The lowest BCUT2D eigenvalue weighted by Gasteiger charge is -2.30. The second kappa shape index (κ2) is 5.85. The van der Waals surface area contributed by atoms with Crippen molar-refractivity contribution >= 4 is 15.9 Å². The normalized spacial score (nSPS) is 14.1. The molecule has 0 N–H and O–H groups in total. The Labute approximate surface area is 108 Å². The fourth-order valence-electron chi connectivity index (χ4n) is 1.75. The Balaban J connectivity index is 2.74. The summed E-state index contributed by atoms with van der Waals surface area (Å²) in [5, 5.41) is 1.04. The van der Waals surface area contributed by atoms with Gasteiger partial charge in [-0.3, -0.25) is 0 Å². The zero-order chi connectivity index (χ0) is 12.2. The highest BCUT2D eigenvalue weighted by atomic mass is 79.9. The standard InChI is InChI=1S/C13H23BrN2/c1-5-6-12-15-7-8-16(12)10-11(9-14)13(2,3)4/h7-8,11H,5-6,9-10H2,1-4H3. The molecule has 0 bridgehead atoms. The Hall–Kier alpha value is -0.310. The van der Waals surface area contributed by atoms with Crippen LogP contribution in [0.1, 0.15) is 39.9 Å². The second-order valence-corrected chi connectivity index (χ2v) is 6.11. The van der Waals surface area contributed by atoms with Gasteiger partial charge in [0.15, 0.2) is 0 Å². The number of rotatable bonds is 5. The van der Waals surface area contributed by atoms with E-state index in [2.05, 4.69) is 59.4 Å². The van der Waals surface area contributed by atoms with E-state index in [1.54, 1.807) is 0 Å². The van der Waals surface area contributed by atoms with Crippen LogP contribution < -0.4 is 0 Å². The fraction of sp³-hybridized carbons (Fsp3) is 0.769. The van der Waals surface area contributed by atoms with Gasteiger partial charge in [0, 0.05) is 30.7 Å². The number of imidazole rings is 1. The molecular formula is C13H23BrN2. The van der Waals surface area contributed by atoms with Crippen molar-refractivity contribution < 1.29 is 0 Å². The van der Waals surface area contributed by atoms with Crippen LogP contribution in [0.5, 0.6) is 0 Å². The topological polar surface area (TPSA) is 17.8 Å². The van der Waals surface area contributed by atoms with Crippen LogP contribution in [0.4, 0.5) is 0 Å². The van der Waals surface area contributed by atoms with Crippen molar-refractivity contribution in [3.05, 3.63) is 18.2 Å². The Morgan fingerprint density at radius 3 is 2.62 bits per heavy atom. The number of halogens is 1. The predicted octanol–water partition coefficient (Wildman–Crippen LogP) is 3.89. The van der Waals surface area contributed by atoms with Gasteiger partial charge < -0.3 is 4.57 Å². The van der Waals surface area contributed by atoms with Crippen molar-refractivity contribution in [3.8, 4) is 0 Å². The maximum atomic E-state index is 4.42. The van der Waals surface area contributed by atoms with Crippen molar-refractivity contribution in [2.24, 2.45) is 11.3 Å². The van der Waals surface area contributed by atoms with Crippen LogP contribution in [0.3, 0.4) is 0 Å². The number of hydrogen-bond acceptors (Lipinski definition) is 1. The van der Waals surface area contributed by atoms with Crippen LogP contribution in [-0.2, 0) is 13.0 Å². The number of aryl methyl sites for hydroxylation is 1. The molecule has 0 saturated carbocycles. The summed E-state index contributed by atoms with van der Waals surface area (Å²) in [5.74, 6) is 1.86. The third-order valence-corrected chi connectivity index (χ3v) is 3.88. The predicted molar refractivity (Wildman–Crippen MR) is 73.0 cm³/mol. The van der Waals surface area contributed by atoms with E-state index in [4.69, 9.17) is 0 Å². The molecule has 0 aliphatic carbocycles. The van der Waals surface area contributed by atoms with E-state index in [0.29, 0.717) is 11.3 Å². The minimum atomic E-state index is 0.331. The smallest absolute Gasteiger partial charge is 0.108 e. The molecule has 0 saturated heterocycles. The van der Waals surface area contributed by atoms with Gasteiger partial charge in [-0.2, -0.15) is 0 Å². The highest BCUT2D eigenvalue weighted by Gasteiger charge is 2.24. The lowest BCUT2D eigenvalue weighted by molar-refractivity contribution is 0.237. The summed E-state index contributed by atoms with van der Waals surface area (Å²) in [6, 6.07) is 0. The van der Waals surface area contributed by atoms with Crippen molar-refractivity contribution in [1.82, 2.24) is 9.55 Å². The second-order valence-electron chi connectivity index (χ2n) is 5.46. The lowest BCUT2D eigenvalue weighted by atomic mass is 9.82. The van der Waals surface area contributed by atoms with E-state index in [1.807, 2.05) is 6.20 Å². The zero-order valence-electron chi connectivity index (χ0n) is 10.8. The summed E-state index contributed by atoms with van der Waals surface area (Å²) in [4.78, 5) is 4.42. The summed E-state index contributed by atoms with van der Waals surface area (Å²) in [7, 11) is 0. The van der Waals surface area contributed by atoms with E-state index in [9.17, 15) is 0 Å². The molecule has 1 unspecified atom stereocenters. The van der Waals surface area contributed by atoms with Gasteiger partial charge in [0.1, 0.15) is 5.82 Å². The molecule has 0 aliphatic rings. The van der Waals surface area contributed by atoms with Crippen LogP contribution >= 0.6 is 15.9 Å². The third kappa shape index (κ3) is 3.62. The molecule has 1 aromatic rings. The van der Waals surface area contributed by atoms with Gasteiger partial charge in [-0.05, 0) is 17.8 Å². The molecule has 1 aromatic heterocycles. The number of hydrogen-bond donors (Lipinski definition) is 0. The first-order valence-electron chi connectivity index (χ1n) is 6.05. The first-order valence-corrected chi connectivity index (χ1v) is 7.17. The molecule has 16 heavy (non-hydrogen) atoms. The molecule has 0 fully saturated rings. The molecule has 2 nitrogen and oxygen atoms in total. The average molecular weight is 287 g/mol. The maximum Gasteiger partial charge on any atom is 0.108 e. The highest BCUT2D eigenvalue weighted by Crippen LogP contribution is 2.29. The van der Waals surface area contributed by atoms with Gasteiger partial charge in [0.2, 0.25) is 0 Å². The quantitative estimate of drug-likeness (QED) is 0.751. The fourth-order valence-corrected chi connectivity index (χ4v) is 2.93. The van der Waals surface area contributed by atoms with Gasteiger partial charge in [0.05, 0.1) is 0 Å². The van der Waals surface area contributed by atoms with Crippen molar-refractivity contribution in [2.75, 3.05) is 5.33 Å². The molecule has 0 radical (unpaired) electrons. The maximum absolute atomic E-state index is 4.42. The molecule has 0 aromatic carbocycles. The SMILES string of the molecule is CCCc1nccn1CC(CBr)C(C)(C)C. The Kier molecular flexibility index (Phi) is 5.03. The van der Waals surface area contributed by atoms with E-state index in [0.717, 1.165) is 24.7 Å². The Morgan fingerprint density at radius 2 is 2.12 bits per heavy atom. The minimum absolute atomic E-state index is 0.331. The van der Waals surface area contributed by atoms with E-state index >= 15 is 0 Å². The molecule has 3 heteroatoms. The first kappa shape index (κ1) is 13.8. The summed E-state index contributed by atoms with van der Waals surface area (Å²) in [5.41, 5.74) is 0.331. The van der Waals surface area contributed by atoms with Gasteiger partial charge in [-0.25, -0.2) is 4.98 Å². The van der Waals surface area contributed by atoms with Crippen LogP contribution in [0.15, 0.2) is 12.4 Å². The molecular weight excluding hydrogens is 264 g/mol. The molecule has 0 amide bonds. The van der Waals surface area contributed by atoms with E-state index in [1.165, 1.54) is 5.82 Å². The van der Waals surface area contributed by atoms with Gasteiger partial charge in [0.25, 0.3) is 0 Å². The molecule has 1 atom stereocenters. The largest absolute Gasteiger partial charge is 0.335 e. The van der Waals surface area contributed by atoms with Crippen molar-refractivity contribution in [1.29, 1.82) is 0 Å². The first-order chi connectivity index (χ1) is 7.49. The number of alkyl halides is 1. The van der Waals surface area contributed by atoms with Crippen LogP contribution in [0.25, 0.3) is 0 Å². The Bertz CT molecular complexity index is 312. The monoisotopic (exact) mass is 286 g/mol. The number of aromatic nitrogens is 2. The molecule has 0 aliphatic heterocycles. The van der Waals surface area contributed by atoms with Crippen molar-refractivity contribution in [2.45, 2.75) is 47.1 Å². The molecule has 1 heterocycles. The average Bonchev–Trinajstić information content (AvgIpc) is 2.60. The van der Waals surface area contributed by atoms with Crippen LogP contribution in [-0.4, -0.2) is 14.9 Å². The summed E-state index contributed by atoms with van der Waals surface area (Å²) in [6.07, 6.45) is 6.25. The van der Waals surface area contributed by atoms with Gasteiger partial charge in [-0.1, -0.05) is 43.6 Å². The molecule has 0 spiro atoms. The number of nitrogens with zero attached hydrogens (tertiary/aromatic N) is 2. The molecule has 92 valence electrons. The van der Waals surface area contributed by atoms with Gasteiger partial charge >= 0.3 is 0 Å². The summed E-state index contributed by atoms with van der Waals surface area (Å²) >= 11 is 3.63. The lowest BCUT2D eigenvalue weighted by Crippen LogP contribution is -2.27.